The van der Waals surface area contributed by atoms with Gasteiger partial charge >= 0.3 is 5.97 Å². The Morgan fingerprint density at radius 3 is 2.03 bits per heavy atom. The van der Waals surface area contributed by atoms with Gasteiger partial charge in [0.15, 0.2) is 0 Å². The Bertz CT molecular complexity index is 974. The average molecular weight is 468 g/mol. The lowest BCUT2D eigenvalue weighted by Gasteiger charge is -2.22. The van der Waals surface area contributed by atoms with Gasteiger partial charge in [0.25, 0.3) is 0 Å². The number of amides is 3. The maximum atomic E-state index is 12.7. The fourth-order valence-corrected chi connectivity index (χ4v) is 3.55. The summed E-state index contributed by atoms with van der Waals surface area (Å²) in [5.41, 5.74) is 8.52. The molecule has 0 aliphatic carbocycles. The lowest BCUT2D eigenvalue weighted by Crippen LogP contribution is -2.53. The zero-order valence-corrected chi connectivity index (χ0v) is 19.6. The first-order valence-corrected chi connectivity index (χ1v) is 11.4. The van der Waals surface area contributed by atoms with Gasteiger partial charge in [-0.3, -0.25) is 19.2 Å². The molecule has 0 aliphatic rings. The molecule has 8 nitrogen and oxygen atoms in total. The number of primary amides is 1. The van der Waals surface area contributed by atoms with Crippen molar-refractivity contribution >= 4 is 23.7 Å². The van der Waals surface area contributed by atoms with Crippen LogP contribution in [0.1, 0.15) is 45.1 Å². The second-order valence-corrected chi connectivity index (χ2v) is 8.71. The number of carbonyl (C=O) groups is 4. The van der Waals surface area contributed by atoms with Crippen LogP contribution in [0.3, 0.4) is 0 Å². The van der Waals surface area contributed by atoms with Gasteiger partial charge in [-0.05, 0) is 41.9 Å². The summed E-state index contributed by atoms with van der Waals surface area (Å²) in [5.74, 6) is -2.65. The Hall–Kier alpha value is -3.68. The van der Waals surface area contributed by atoms with Gasteiger partial charge in [-0.2, -0.15) is 0 Å². The van der Waals surface area contributed by atoms with Crippen LogP contribution in [0.4, 0.5) is 0 Å². The van der Waals surface area contributed by atoms with E-state index in [0.717, 1.165) is 16.7 Å². The van der Waals surface area contributed by atoms with Crippen molar-refractivity contribution in [1.29, 1.82) is 0 Å². The Labute approximate surface area is 199 Å². The molecular formula is C26H33N3O5. The smallest absolute Gasteiger partial charge is 0.303 e. The van der Waals surface area contributed by atoms with Crippen LogP contribution in [0.5, 0.6) is 0 Å². The molecule has 0 saturated carbocycles. The minimum atomic E-state index is -1.08. The molecule has 8 heteroatoms. The summed E-state index contributed by atoms with van der Waals surface area (Å²) < 4.78 is 0. The zero-order chi connectivity index (χ0) is 25.1. The van der Waals surface area contributed by atoms with E-state index in [9.17, 15) is 19.2 Å². The Morgan fingerprint density at radius 1 is 0.853 bits per heavy atom. The molecule has 0 aromatic heterocycles. The fourth-order valence-electron chi connectivity index (χ4n) is 3.55. The van der Waals surface area contributed by atoms with E-state index >= 15 is 0 Å². The Balaban J connectivity index is 1.96. The molecule has 1 unspecified atom stereocenters. The molecule has 34 heavy (non-hydrogen) atoms. The highest BCUT2D eigenvalue weighted by atomic mass is 16.4. The van der Waals surface area contributed by atoms with E-state index in [1.165, 1.54) is 0 Å². The predicted octanol–water partition coefficient (Wildman–Crippen LogP) is 2.65. The number of rotatable bonds is 13. The summed E-state index contributed by atoms with van der Waals surface area (Å²) in [6, 6.07) is 15.9. The van der Waals surface area contributed by atoms with E-state index in [1.54, 1.807) is 0 Å². The van der Waals surface area contributed by atoms with Crippen LogP contribution in [0.25, 0.3) is 11.1 Å². The number of carboxylic acids is 1. The van der Waals surface area contributed by atoms with Crippen LogP contribution in [0.15, 0.2) is 54.6 Å². The van der Waals surface area contributed by atoms with Gasteiger partial charge in [-0.25, -0.2) is 0 Å². The van der Waals surface area contributed by atoms with E-state index in [1.807, 2.05) is 68.4 Å². The molecule has 0 fully saturated rings. The van der Waals surface area contributed by atoms with Crippen molar-refractivity contribution in [2.75, 3.05) is 0 Å². The molecule has 2 rings (SSSR count). The molecule has 2 aromatic rings. The molecule has 5 N–H and O–H groups in total. The first-order chi connectivity index (χ1) is 16.2. The summed E-state index contributed by atoms with van der Waals surface area (Å²) in [6.07, 6.45) is 0.550. The van der Waals surface area contributed by atoms with E-state index in [2.05, 4.69) is 10.6 Å². The van der Waals surface area contributed by atoms with Crippen LogP contribution < -0.4 is 16.4 Å². The molecule has 3 amide bonds. The first kappa shape index (κ1) is 26.6. The Morgan fingerprint density at radius 2 is 1.47 bits per heavy atom. The lowest BCUT2D eigenvalue weighted by atomic mass is 10.0. The van der Waals surface area contributed by atoms with E-state index in [-0.39, 0.29) is 31.1 Å². The largest absolute Gasteiger partial charge is 0.481 e. The third-order valence-corrected chi connectivity index (χ3v) is 5.37. The van der Waals surface area contributed by atoms with Crippen molar-refractivity contribution in [1.82, 2.24) is 10.6 Å². The number of benzene rings is 2. The number of carbonyl (C=O) groups excluding carboxylic acids is 3. The highest BCUT2D eigenvalue weighted by Crippen LogP contribution is 2.19. The summed E-state index contributed by atoms with van der Waals surface area (Å²) in [6.45, 7) is 3.77. The van der Waals surface area contributed by atoms with Crippen molar-refractivity contribution in [3.8, 4) is 11.1 Å². The summed E-state index contributed by atoms with van der Waals surface area (Å²) in [4.78, 5) is 47.9. The van der Waals surface area contributed by atoms with Crippen molar-refractivity contribution in [2.24, 2.45) is 11.7 Å². The van der Waals surface area contributed by atoms with Crippen molar-refractivity contribution in [3.63, 3.8) is 0 Å². The third kappa shape index (κ3) is 9.05. The van der Waals surface area contributed by atoms with Gasteiger partial charge in [-0.1, -0.05) is 68.4 Å². The quantitative estimate of drug-likeness (QED) is 0.359. The maximum absolute atomic E-state index is 12.7. The molecule has 182 valence electrons. The van der Waals surface area contributed by atoms with Gasteiger partial charge in [0.1, 0.15) is 12.1 Å². The molecule has 0 radical (unpaired) electrons. The standard InChI is InChI=1S/C26H33N3O5/c1-17(2)16-22(25(27)33)29-26(34)21(13-15-24(31)32)28-23(30)14-10-18-8-11-20(12-9-18)19-6-4-3-5-7-19/h3-9,11-12,17,21-22H,10,13-16H2,1-2H3,(H2,27,33)(H,28,30)(H,29,34)(H,31,32)/t21?,22-/m0/s1. The van der Waals surface area contributed by atoms with Crippen LogP contribution in [-0.4, -0.2) is 40.9 Å². The van der Waals surface area contributed by atoms with Crippen molar-refractivity contribution < 1.29 is 24.3 Å². The molecule has 0 heterocycles. The normalized spacial score (nSPS) is 12.6. The summed E-state index contributed by atoms with van der Waals surface area (Å²) >= 11 is 0. The van der Waals surface area contributed by atoms with Crippen LogP contribution in [0.2, 0.25) is 0 Å². The number of nitrogens with two attached hydrogens (primary N) is 1. The summed E-state index contributed by atoms with van der Waals surface area (Å²) in [5, 5.41) is 14.2. The number of carboxylic acid groups (broad SMARTS) is 1. The van der Waals surface area contributed by atoms with E-state index < -0.39 is 29.9 Å². The van der Waals surface area contributed by atoms with Crippen molar-refractivity contribution in [2.45, 2.75) is 58.0 Å². The van der Waals surface area contributed by atoms with Gasteiger partial charge in [0, 0.05) is 12.8 Å². The fraction of sp³-hybridized carbons (Fsp3) is 0.385. The van der Waals surface area contributed by atoms with Gasteiger partial charge in [0.05, 0.1) is 0 Å². The first-order valence-electron chi connectivity index (χ1n) is 11.4. The molecule has 0 bridgehead atoms. The van der Waals surface area contributed by atoms with Gasteiger partial charge < -0.3 is 21.5 Å². The zero-order valence-electron chi connectivity index (χ0n) is 19.6. The minimum Gasteiger partial charge on any atom is -0.481 e. The lowest BCUT2D eigenvalue weighted by molar-refractivity contribution is -0.138. The molecular weight excluding hydrogens is 434 g/mol. The topological polar surface area (TPSA) is 139 Å². The molecule has 0 aliphatic heterocycles. The minimum absolute atomic E-state index is 0.0914. The molecule has 2 atom stereocenters. The highest BCUT2D eigenvalue weighted by molar-refractivity contribution is 5.91. The SMILES string of the molecule is CC(C)C[C@H](NC(=O)C(CCC(=O)O)NC(=O)CCc1ccc(-c2ccccc2)cc1)C(N)=O. The van der Waals surface area contributed by atoms with Gasteiger partial charge in [0.2, 0.25) is 17.7 Å². The Kier molecular flexibility index (Phi) is 10.3. The average Bonchev–Trinajstić information content (AvgIpc) is 2.80. The number of aryl methyl sites for hydroxylation is 1. The molecule has 2 aromatic carbocycles. The van der Waals surface area contributed by atoms with Crippen LogP contribution in [-0.2, 0) is 25.6 Å². The van der Waals surface area contributed by atoms with Crippen LogP contribution in [0, 0.1) is 5.92 Å². The van der Waals surface area contributed by atoms with E-state index in [4.69, 9.17) is 10.8 Å². The molecule has 0 spiro atoms. The number of hydrogen-bond donors (Lipinski definition) is 4. The second-order valence-electron chi connectivity index (χ2n) is 8.71. The second kappa shape index (κ2) is 13.1. The van der Waals surface area contributed by atoms with Crippen molar-refractivity contribution in [3.05, 3.63) is 60.2 Å². The van der Waals surface area contributed by atoms with E-state index in [0.29, 0.717) is 12.8 Å². The third-order valence-electron chi connectivity index (χ3n) is 5.37. The number of aliphatic carboxylic acids is 1. The highest BCUT2D eigenvalue weighted by Gasteiger charge is 2.26. The summed E-state index contributed by atoms with van der Waals surface area (Å²) in [7, 11) is 0. The molecule has 0 saturated heterocycles. The maximum Gasteiger partial charge on any atom is 0.303 e. The van der Waals surface area contributed by atoms with Crippen LogP contribution >= 0.6 is 0 Å². The number of nitrogens with one attached hydrogen (secondary N) is 2. The predicted molar refractivity (Wildman–Crippen MR) is 130 cm³/mol. The number of hydrogen-bond acceptors (Lipinski definition) is 4. The monoisotopic (exact) mass is 467 g/mol. The van der Waals surface area contributed by atoms with Gasteiger partial charge in [-0.15, -0.1) is 0 Å².